The van der Waals surface area contributed by atoms with E-state index in [1.807, 2.05) is 0 Å². The van der Waals surface area contributed by atoms with Crippen molar-refractivity contribution in [3.63, 3.8) is 0 Å². The number of hydrogen-bond acceptors (Lipinski definition) is 3. The molecule has 100 valence electrons. The Morgan fingerprint density at radius 2 is 2.11 bits per heavy atom. The number of carbonyl (C=O) groups is 1. The summed E-state index contributed by atoms with van der Waals surface area (Å²) in [6.07, 6.45) is 0.260. The van der Waals surface area contributed by atoms with Crippen LogP contribution >= 0.6 is 27.5 Å². The molecule has 1 aromatic rings. The molecule has 0 unspecified atom stereocenters. The summed E-state index contributed by atoms with van der Waals surface area (Å²) in [5.74, 6) is -0.518. The van der Waals surface area contributed by atoms with Crippen LogP contribution in [0.2, 0.25) is 5.02 Å². The molecule has 0 saturated carbocycles. The highest BCUT2D eigenvalue weighted by atomic mass is 79.9. The van der Waals surface area contributed by atoms with E-state index in [2.05, 4.69) is 21.2 Å². The molecule has 1 rings (SSSR count). The minimum Gasteiger partial charge on any atom is -0.352 e. The van der Waals surface area contributed by atoms with E-state index in [1.165, 1.54) is 0 Å². The van der Waals surface area contributed by atoms with Gasteiger partial charge in [0.15, 0.2) is 0 Å². The highest BCUT2D eigenvalue weighted by Gasteiger charge is 2.12. The number of carbonyl (C=O) groups excluding carboxylic acids is 1. The largest absolute Gasteiger partial charge is 0.352 e. The summed E-state index contributed by atoms with van der Waals surface area (Å²) in [7, 11) is -3.49. The number of rotatable bonds is 5. The average Bonchev–Trinajstić information content (AvgIpc) is 2.26. The molecule has 5 nitrogen and oxygen atoms in total. The van der Waals surface area contributed by atoms with E-state index < -0.39 is 10.0 Å². The van der Waals surface area contributed by atoms with Crippen molar-refractivity contribution in [2.24, 2.45) is 5.14 Å². The number of amides is 1. The zero-order chi connectivity index (χ0) is 13.8. The van der Waals surface area contributed by atoms with Crippen LogP contribution in [0.4, 0.5) is 0 Å². The average molecular weight is 356 g/mol. The number of halogens is 2. The topological polar surface area (TPSA) is 89.3 Å². The molecule has 1 amide bonds. The van der Waals surface area contributed by atoms with E-state index in [4.69, 9.17) is 16.7 Å². The second-order valence-electron chi connectivity index (χ2n) is 3.58. The fourth-order valence-corrected chi connectivity index (χ4v) is 2.37. The summed E-state index contributed by atoms with van der Waals surface area (Å²) in [4.78, 5) is 11.7. The third kappa shape index (κ3) is 4.93. The lowest BCUT2D eigenvalue weighted by molar-refractivity contribution is 0.0954. The van der Waals surface area contributed by atoms with Gasteiger partial charge in [-0.3, -0.25) is 4.79 Å². The van der Waals surface area contributed by atoms with Crippen molar-refractivity contribution in [1.29, 1.82) is 0 Å². The Hall–Kier alpha value is -0.630. The highest BCUT2D eigenvalue weighted by molar-refractivity contribution is 9.10. The van der Waals surface area contributed by atoms with Crippen LogP contribution in [0.3, 0.4) is 0 Å². The lowest BCUT2D eigenvalue weighted by atomic mass is 10.2. The summed E-state index contributed by atoms with van der Waals surface area (Å²) in [5, 5.41) is 7.74. The summed E-state index contributed by atoms with van der Waals surface area (Å²) in [6, 6.07) is 5.00. The summed E-state index contributed by atoms with van der Waals surface area (Å²) in [5.41, 5.74) is 0.335. The van der Waals surface area contributed by atoms with Gasteiger partial charge in [-0.05, 0) is 34.5 Å². The molecule has 0 aliphatic heterocycles. The van der Waals surface area contributed by atoms with Crippen LogP contribution in [-0.4, -0.2) is 26.6 Å². The van der Waals surface area contributed by atoms with Crippen molar-refractivity contribution in [1.82, 2.24) is 5.32 Å². The number of sulfonamides is 1. The molecule has 0 saturated heterocycles. The molecule has 0 fully saturated rings. The Bertz CT molecular complexity index is 548. The lowest BCUT2D eigenvalue weighted by Gasteiger charge is -2.07. The fourth-order valence-electron chi connectivity index (χ4n) is 1.25. The van der Waals surface area contributed by atoms with Gasteiger partial charge >= 0.3 is 0 Å². The maximum absolute atomic E-state index is 11.7. The van der Waals surface area contributed by atoms with Crippen LogP contribution in [0, 0.1) is 0 Å². The number of primary sulfonamides is 1. The minimum atomic E-state index is -3.49. The van der Waals surface area contributed by atoms with E-state index in [0.717, 1.165) is 0 Å². The SMILES string of the molecule is NS(=O)(=O)CCCNC(=O)c1cccc(Br)c1Cl. The number of nitrogens with one attached hydrogen (secondary N) is 1. The highest BCUT2D eigenvalue weighted by Crippen LogP contribution is 2.25. The maximum Gasteiger partial charge on any atom is 0.252 e. The van der Waals surface area contributed by atoms with E-state index >= 15 is 0 Å². The Balaban J connectivity index is 2.54. The van der Waals surface area contributed by atoms with Crippen molar-refractivity contribution < 1.29 is 13.2 Å². The zero-order valence-electron chi connectivity index (χ0n) is 9.32. The van der Waals surface area contributed by atoms with Crippen molar-refractivity contribution >= 4 is 43.5 Å². The van der Waals surface area contributed by atoms with Gasteiger partial charge < -0.3 is 5.32 Å². The van der Waals surface area contributed by atoms with Gasteiger partial charge in [0.1, 0.15) is 0 Å². The van der Waals surface area contributed by atoms with Crippen LogP contribution < -0.4 is 10.5 Å². The zero-order valence-corrected chi connectivity index (χ0v) is 12.5. The fraction of sp³-hybridized carbons (Fsp3) is 0.300. The lowest BCUT2D eigenvalue weighted by Crippen LogP contribution is -2.27. The molecule has 18 heavy (non-hydrogen) atoms. The van der Waals surface area contributed by atoms with Gasteiger partial charge in [0.05, 0.1) is 16.3 Å². The summed E-state index contributed by atoms with van der Waals surface area (Å²) >= 11 is 9.16. The monoisotopic (exact) mass is 354 g/mol. The summed E-state index contributed by atoms with van der Waals surface area (Å²) in [6.45, 7) is 0.220. The molecular formula is C10H12BrClN2O3S. The number of benzene rings is 1. The molecule has 3 N–H and O–H groups in total. The van der Waals surface area contributed by atoms with Crippen molar-refractivity contribution in [3.8, 4) is 0 Å². The first-order chi connectivity index (χ1) is 8.31. The molecule has 0 aromatic heterocycles. The van der Waals surface area contributed by atoms with Crippen molar-refractivity contribution in [2.45, 2.75) is 6.42 Å². The Morgan fingerprint density at radius 3 is 2.72 bits per heavy atom. The van der Waals surface area contributed by atoms with Crippen LogP contribution in [0.5, 0.6) is 0 Å². The number of nitrogens with two attached hydrogens (primary N) is 1. The number of hydrogen-bond donors (Lipinski definition) is 2. The van der Waals surface area contributed by atoms with E-state index in [1.54, 1.807) is 18.2 Å². The molecule has 0 bridgehead atoms. The first kappa shape index (κ1) is 15.4. The molecule has 1 aromatic carbocycles. The second kappa shape index (κ2) is 6.51. The predicted molar refractivity (Wildman–Crippen MR) is 74.1 cm³/mol. The molecule has 0 radical (unpaired) electrons. The second-order valence-corrected chi connectivity index (χ2v) is 6.54. The Morgan fingerprint density at radius 1 is 1.44 bits per heavy atom. The van der Waals surface area contributed by atoms with Gasteiger partial charge in [-0.15, -0.1) is 0 Å². The van der Waals surface area contributed by atoms with Gasteiger partial charge in [-0.2, -0.15) is 0 Å². The van der Waals surface area contributed by atoms with Crippen LogP contribution in [0.1, 0.15) is 16.8 Å². The predicted octanol–water partition coefficient (Wildman–Crippen LogP) is 1.51. The van der Waals surface area contributed by atoms with Gasteiger partial charge in [0, 0.05) is 11.0 Å². The van der Waals surface area contributed by atoms with Gasteiger partial charge in [-0.1, -0.05) is 17.7 Å². The molecule has 0 aliphatic carbocycles. The molecule has 0 spiro atoms. The molecule has 0 aliphatic rings. The molecular weight excluding hydrogens is 344 g/mol. The summed E-state index contributed by atoms with van der Waals surface area (Å²) < 4.78 is 22.0. The Labute approximate surface area is 119 Å². The normalized spacial score (nSPS) is 11.3. The van der Waals surface area contributed by atoms with Crippen LogP contribution in [0.25, 0.3) is 0 Å². The first-order valence-electron chi connectivity index (χ1n) is 5.04. The van der Waals surface area contributed by atoms with Crippen molar-refractivity contribution in [3.05, 3.63) is 33.3 Å². The standard InChI is InChI=1S/C10H12BrClN2O3S/c11-8-4-1-3-7(9(8)12)10(15)14-5-2-6-18(13,16)17/h1,3-4H,2,5-6H2,(H,14,15)(H2,13,16,17). The quantitative estimate of drug-likeness (QED) is 0.785. The smallest absolute Gasteiger partial charge is 0.252 e. The van der Waals surface area contributed by atoms with E-state index in [9.17, 15) is 13.2 Å². The van der Waals surface area contributed by atoms with Gasteiger partial charge in [-0.25, -0.2) is 13.6 Å². The molecule has 0 atom stereocenters. The Kier molecular flexibility index (Phi) is 5.58. The minimum absolute atomic E-state index is 0.167. The van der Waals surface area contributed by atoms with Crippen molar-refractivity contribution in [2.75, 3.05) is 12.3 Å². The third-order valence-electron chi connectivity index (χ3n) is 2.09. The molecule has 8 heteroatoms. The van der Waals surface area contributed by atoms with Crippen LogP contribution in [-0.2, 0) is 10.0 Å². The van der Waals surface area contributed by atoms with Gasteiger partial charge in [0.25, 0.3) is 5.91 Å². The van der Waals surface area contributed by atoms with Crippen LogP contribution in [0.15, 0.2) is 22.7 Å². The first-order valence-corrected chi connectivity index (χ1v) is 7.92. The van der Waals surface area contributed by atoms with E-state index in [0.29, 0.717) is 15.1 Å². The van der Waals surface area contributed by atoms with E-state index in [-0.39, 0.29) is 24.6 Å². The van der Waals surface area contributed by atoms with Gasteiger partial charge in [0.2, 0.25) is 10.0 Å². The maximum atomic E-state index is 11.7. The molecule has 0 heterocycles. The third-order valence-corrected chi connectivity index (χ3v) is 4.24.